The summed E-state index contributed by atoms with van der Waals surface area (Å²) in [5.41, 5.74) is 43.1. The monoisotopic (exact) mass is 1630 g/mol. The zero-order valence-electron chi connectivity index (χ0n) is 72.6. The zero-order chi connectivity index (χ0) is 85.7. The highest BCUT2D eigenvalue weighted by molar-refractivity contribution is 7.00. The standard InChI is InChI=1S/C124H92BN3/c1-121(2,3)91-65-69-114-104(73-91)105-74-92(122(4,5)6)66-70-115(105)126(114)93-75-118-120-119(76-93)128(113-62-38-34-56-95(113)86-64-68-99-97-58-32-36-60-107(97)124(109(99)72-86,89-51-27-13-28-52-89)90-53-29-14-30-54-90)117-80-103(84-45-21-10-22-46-84)101(82-41-17-8-18-42-82)78-111(117)125(120)110-77-100(81-39-15-7-16-40-81)102(83-43-19-9-20-44-83)79-116(110)127(118)112-61-37-33-55-94(112)85-63-67-98-96-57-31-35-59-106(96)123(108(98)71-85,87-47-23-11-24-48-87)88-49-25-12-26-50-88/h7-80H,1-6H3. The van der Waals surface area contributed by atoms with Crippen molar-refractivity contribution in [2.45, 2.75) is 63.2 Å². The first-order valence-corrected chi connectivity index (χ1v) is 45.1. The topological polar surface area (TPSA) is 11.4 Å². The van der Waals surface area contributed by atoms with Crippen LogP contribution >= 0.6 is 0 Å². The fourth-order valence-corrected chi connectivity index (χ4v) is 22.4. The summed E-state index contributed by atoms with van der Waals surface area (Å²) < 4.78 is 2.62. The molecule has 2 aliphatic carbocycles. The van der Waals surface area contributed by atoms with Gasteiger partial charge in [0.05, 0.1) is 38.9 Å². The van der Waals surface area contributed by atoms with E-state index in [0.29, 0.717) is 0 Å². The molecule has 24 rings (SSSR count). The van der Waals surface area contributed by atoms with Crippen molar-refractivity contribution in [3.8, 4) is 94.7 Å². The normalized spacial score (nSPS) is 13.6. The molecule has 0 atom stereocenters. The Bertz CT molecular complexity index is 7260. The van der Waals surface area contributed by atoms with Crippen LogP contribution in [-0.4, -0.2) is 11.3 Å². The van der Waals surface area contributed by atoms with E-state index >= 15 is 0 Å². The Balaban J connectivity index is 0.856. The zero-order valence-corrected chi connectivity index (χ0v) is 72.6. The molecule has 1 aromatic heterocycles. The number of hydrogen-bond acceptors (Lipinski definition) is 2. The Morgan fingerprint density at radius 3 is 0.852 bits per heavy atom. The highest BCUT2D eigenvalue weighted by Gasteiger charge is 2.50. The number of para-hydroxylation sites is 2. The third kappa shape index (κ3) is 11.7. The fourth-order valence-electron chi connectivity index (χ4n) is 22.4. The Morgan fingerprint density at radius 1 is 0.211 bits per heavy atom. The van der Waals surface area contributed by atoms with Gasteiger partial charge in [-0.2, -0.15) is 0 Å². The highest BCUT2D eigenvalue weighted by Crippen LogP contribution is 2.61. The maximum Gasteiger partial charge on any atom is 0.252 e. The predicted octanol–water partition coefficient (Wildman–Crippen LogP) is 30.2. The Labute approximate surface area is 750 Å². The van der Waals surface area contributed by atoms with Gasteiger partial charge in [0.25, 0.3) is 6.71 Å². The summed E-state index contributed by atoms with van der Waals surface area (Å²) in [6, 6.07) is 172. The number of aromatic nitrogens is 1. The second-order valence-corrected chi connectivity index (χ2v) is 37.3. The summed E-state index contributed by atoms with van der Waals surface area (Å²) in [6.45, 7) is 13.7. The van der Waals surface area contributed by atoms with E-state index < -0.39 is 10.8 Å². The minimum absolute atomic E-state index is 0.128. The second-order valence-electron chi connectivity index (χ2n) is 37.3. The van der Waals surface area contributed by atoms with Crippen LogP contribution in [0.5, 0.6) is 0 Å². The SMILES string of the molecule is CC(C)(C)c1ccc2c(c1)c1cc(C(C)(C)C)ccc1n2-c1cc2c3c(c1)N(c1ccccc1-c1ccc4c(c1)C(c1ccccc1)(c1ccccc1)c1ccccc1-4)c1cc(-c4ccccc4)c(-c4ccccc4)cc1B3c1cc(-c3ccccc3)c(-c3ccccc3)cc1N2c1ccccc1-c1ccc2c(c1)C(c1ccccc1)(c1ccccc1)c1ccccc1-2. The molecule has 606 valence electrons. The maximum absolute atomic E-state index is 2.72. The summed E-state index contributed by atoms with van der Waals surface area (Å²) in [6.07, 6.45) is 0. The first-order valence-electron chi connectivity index (χ1n) is 45.1. The molecule has 19 aromatic carbocycles. The first-order chi connectivity index (χ1) is 62.8. The van der Waals surface area contributed by atoms with Crippen LogP contribution < -0.4 is 26.2 Å². The van der Waals surface area contributed by atoms with Crippen LogP contribution in [0.25, 0.3) is 117 Å². The number of rotatable bonds is 13. The van der Waals surface area contributed by atoms with Crippen LogP contribution in [0.3, 0.4) is 0 Å². The molecule has 0 saturated heterocycles. The van der Waals surface area contributed by atoms with Crippen LogP contribution in [-0.2, 0) is 21.7 Å². The van der Waals surface area contributed by atoms with Gasteiger partial charge in [0.2, 0.25) is 0 Å². The van der Waals surface area contributed by atoms with Gasteiger partial charge in [-0.3, -0.25) is 0 Å². The van der Waals surface area contributed by atoms with E-state index in [0.717, 1.165) is 118 Å². The van der Waals surface area contributed by atoms with Crippen LogP contribution in [0.2, 0.25) is 0 Å². The molecule has 3 heterocycles. The van der Waals surface area contributed by atoms with Gasteiger partial charge in [0, 0.05) is 44.6 Å². The number of anilines is 6. The van der Waals surface area contributed by atoms with Gasteiger partial charge >= 0.3 is 0 Å². The molecular weight excluding hydrogens is 1540 g/mol. The lowest BCUT2D eigenvalue weighted by atomic mass is 9.33. The van der Waals surface area contributed by atoms with Crippen molar-refractivity contribution in [3.63, 3.8) is 0 Å². The van der Waals surface area contributed by atoms with E-state index in [1.54, 1.807) is 0 Å². The van der Waals surface area contributed by atoms with Crippen molar-refractivity contribution in [3.05, 3.63) is 505 Å². The summed E-state index contributed by atoms with van der Waals surface area (Å²) in [4.78, 5) is 5.43. The highest BCUT2D eigenvalue weighted by atomic mass is 15.2. The minimum atomic E-state index is -0.649. The number of nitrogens with zero attached hydrogens (tertiary/aromatic N) is 3. The molecule has 0 spiro atoms. The molecule has 2 aliphatic heterocycles. The second kappa shape index (κ2) is 29.7. The van der Waals surface area contributed by atoms with E-state index in [1.807, 2.05) is 0 Å². The lowest BCUT2D eigenvalue weighted by Gasteiger charge is -2.46. The van der Waals surface area contributed by atoms with E-state index in [4.69, 9.17) is 0 Å². The molecular formula is C124H92BN3. The number of fused-ring (bicyclic) bond motifs is 13. The van der Waals surface area contributed by atoms with E-state index in [1.165, 1.54) is 105 Å². The summed E-state index contributed by atoms with van der Waals surface area (Å²) in [7, 11) is 0. The number of benzene rings is 19. The van der Waals surface area contributed by atoms with Crippen molar-refractivity contribution >= 4 is 79.0 Å². The first kappa shape index (κ1) is 76.3. The van der Waals surface area contributed by atoms with Crippen molar-refractivity contribution < 1.29 is 0 Å². The maximum atomic E-state index is 2.72. The smallest absolute Gasteiger partial charge is 0.252 e. The summed E-state index contributed by atoms with van der Waals surface area (Å²) in [5, 5.41) is 2.46. The quantitative estimate of drug-likeness (QED) is 0.107. The molecule has 0 unspecified atom stereocenters. The van der Waals surface area contributed by atoms with Crippen molar-refractivity contribution in [2.24, 2.45) is 0 Å². The van der Waals surface area contributed by atoms with Crippen LogP contribution in [0.1, 0.15) is 97.2 Å². The summed E-state index contributed by atoms with van der Waals surface area (Å²) >= 11 is 0. The molecule has 0 saturated carbocycles. The Morgan fingerprint density at radius 2 is 0.508 bits per heavy atom. The van der Waals surface area contributed by atoms with Crippen LogP contribution in [0, 0.1) is 0 Å². The molecule has 0 amide bonds. The fraction of sp³-hybridized carbons (Fsp3) is 0.0806. The molecule has 0 radical (unpaired) electrons. The van der Waals surface area contributed by atoms with E-state index in [2.05, 4.69) is 505 Å². The molecule has 0 fully saturated rings. The largest absolute Gasteiger partial charge is 0.311 e. The van der Waals surface area contributed by atoms with Crippen LogP contribution in [0.15, 0.2) is 449 Å². The molecule has 0 bridgehead atoms. The number of hydrogen-bond donors (Lipinski definition) is 0. The van der Waals surface area contributed by atoms with Crippen LogP contribution in [0.4, 0.5) is 34.1 Å². The van der Waals surface area contributed by atoms with Gasteiger partial charge in [0.15, 0.2) is 0 Å². The molecule has 4 aliphatic rings. The van der Waals surface area contributed by atoms with Gasteiger partial charge in [-0.1, -0.05) is 418 Å². The van der Waals surface area contributed by atoms with Gasteiger partial charge < -0.3 is 14.4 Å². The molecule has 20 aromatic rings. The Kier molecular flexibility index (Phi) is 17.7. The average Bonchev–Trinajstić information content (AvgIpc) is 0.778. The van der Waals surface area contributed by atoms with Gasteiger partial charge in [-0.15, -0.1) is 0 Å². The third-order valence-electron chi connectivity index (χ3n) is 28.3. The van der Waals surface area contributed by atoms with Crippen molar-refractivity contribution in [1.82, 2.24) is 4.57 Å². The Hall–Kier alpha value is -15.4. The lowest BCUT2D eigenvalue weighted by Crippen LogP contribution is -2.61. The molecule has 128 heavy (non-hydrogen) atoms. The third-order valence-corrected chi connectivity index (χ3v) is 28.3. The van der Waals surface area contributed by atoms with E-state index in [9.17, 15) is 0 Å². The summed E-state index contributed by atoms with van der Waals surface area (Å²) in [5.74, 6) is 0. The van der Waals surface area contributed by atoms with Gasteiger partial charge in [0.1, 0.15) is 0 Å². The molecule has 4 heteroatoms. The molecule has 0 N–H and O–H groups in total. The average molecular weight is 1630 g/mol. The van der Waals surface area contributed by atoms with Crippen molar-refractivity contribution in [1.29, 1.82) is 0 Å². The molecule has 3 nitrogen and oxygen atoms in total. The lowest BCUT2D eigenvalue weighted by molar-refractivity contribution is 0.590. The predicted molar refractivity (Wildman–Crippen MR) is 539 cm³/mol. The van der Waals surface area contributed by atoms with E-state index in [-0.39, 0.29) is 17.5 Å². The minimum Gasteiger partial charge on any atom is -0.311 e. The van der Waals surface area contributed by atoms with Gasteiger partial charge in [-0.25, -0.2) is 0 Å². The van der Waals surface area contributed by atoms with Crippen molar-refractivity contribution in [2.75, 3.05) is 9.80 Å². The van der Waals surface area contributed by atoms with Gasteiger partial charge in [-0.05, 0) is 234 Å².